The molecule has 94 valence electrons. The average Bonchev–Trinajstić information content (AvgIpc) is 2.26. The summed E-state index contributed by atoms with van der Waals surface area (Å²) in [5.41, 5.74) is 10.2. The number of alkyl halides is 2. The standard InChI is InChI=1S/C10H12ClF2N3O/c11-6-2-1-3-7(8(6)9(15)17)16-5-10(12,13)4-14/h1-3,16H,4-5,14H2,(H2,15,17). The summed E-state index contributed by atoms with van der Waals surface area (Å²) in [6.07, 6.45) is 0. The van der Waals surface area contributed by atoms with Crippen molar-refractivity contribution in [1.29, 1.82) is 0 Å². The Hall–Kier alpha value is -1.40. The third kappa shape index (κ3) is 3.54. The van der Waals surface area contributed by atoms with E-state index in [4.69, 9.17) is 23.1 Å². The van der Waals surface area contributed by atoms with Gasteiger partial charge in [-0.2, -0.15) is 0 Å². The molecule has 0 atom stereocenters. The van der Waals surface area contributed by atoms with E-state index >= 15 is 0 Å². The van der Waals surface area contributed by atoms with Gasteiger partial charge < -0.3 is 16.8 Å². The highest BCUT2D eigenvalue weighted by molar-refractivity contribution is 6.34. The van der Waals surface area contributed by atoms with Crippen LogP contribution in [0.4, 0.5) is 14.5 Å². The summed E-state index contributed by atoms with van der Waals surface area (Å²) in [6, 6.07) is 4.42. The summed E-state index contributed by atoms with van der Waals surface area (Å²) >= 11 is 5.76. The molecular weight excluding hydrogens is 252 g/mol. The Labute approximate surface area is 102 Å². The molecule has 0 fully saturated rings. The van der Waals surface area contributed by atoms with E-state index in [0.29, 0.717) is 0 Å². The molecule has 0 saturated heterocycles. The molecule has 1 rings (SSSR count). The second kappa shape index (κ2) is 5.29. The minimum Gasteiger partial charge on any atom is -0.378 e. The van der Waals surface area contributed by atoms with Gasteiger partial charge in [0.05, 0.1) is 23.7 Å². The lowest BCUT2D eigenvalue weighted by atomic mass is 10.1. The third-order valence-corrected chi connectivity index (χ3v) is 2.41. The second-order valence-electron chi connectivity index (χ2n) is 3.44. The number of amides is 1. The molecule has 0 unspecified atom stereocenters. The lowest BCUT2D eigenvalue weighted by Gasteiger charge is -2.17. The molecule has 17 heavy (non-hydrogen) atoms. The quantitative estimate of drug-likeness (QED) is 0.752. The summed E-state index contributed by atoms with van der Waals surface area (Å²) in [6.45, 7) is -1.48. The normalized spacial score (nSPS) is 11.3. The molecule has 5 N–H and O–H groups in total. The Balaban J connectivity index is 2.92. The first-order valence-electron chi connectivity index (χ1n) is 4.77. The first kappa shape index (κ1) is 13.7. The molecule has 1 aromatic carbocycles. The summed E-state index contributed by atoms with van der Waals surface area (Å²) in [4.78, 5) is 11.1. The molecule has 7 heteroatoms. The number of rotatable bonds is 5. The molecule has 0 heterocycles. The molecule has 0 aliphatic rings. The molecule has 0 spiro atoms. The zero-order chi connectivity index (χ0) is 13.1. The fourth-order valence-corrected chi connectivity index (χ4v) is 1.49. The molecular formula is C10H12ClF2N3O. The van der Waals surface area contributed by atoms with Crippen LogP contribution in [0.2, 0.25) is 5.02 Å². The van der Waals surface area contributed by atoms with Crippen molar-refractivity contribution in [3.8, 4) is 0 Å². The number of halogens is 3. The van der Waals surface area contributed by atoms with Crippen LogP contribution in [0.15, 0.2) is 18.2 Å². The van der Waals surface area contributed by atoms with E-state index in [0.717, 1.165) is 0 Å². The van der Waals surface area contributed by atoms with Crippen molar-refractivity contribution in [2.24, 2.45) is 11.5 Å². The van der Waals surface area contributed by atoms with Gasteiger partial charge in [-0.25, -0.2) is 8.78 Å². The maximum atomic E-state index is 12.9. The van der Waals surface area contributed by atoms with Crippen molar-refractivity contribution in [3.05, 3.63) is 28.8 Å². The van der Waals surface area contributed by atoms with Crippen molar-refractivity contribution in [2.75, 3.05) is 18.4 Å². The summed E-state index contributed by atoms with van der Waals surface area (Å²) < 4.78 is 25.9. The van der Waals surface area contributed by atoms with Gasteiger partial charge in [0.25, 0.3) is 11.8 Å². The number of nitrogens with two attached hydrogens (primary N) is 2. The van der Waals surface area contributed by atoms with Gasteiger partial charge in [0.2, 0.25) is 0 Å². The van der Waals surface area contributed by atoms with Crippen molar-refractivity contribution in [1.82, 2.24) is 0 Å². The Kier molecular flexibility index (Phi) is 4.25. The van der Waals surface area contributed by atoms with Gasteiger partial charge in [-0.15, -0.1) is 0 Å². The van der Waals surface area contributed by atoms with Crippen LogP contribution in [0.25, 0.3) is 0 Å². The van der Waals surface area contributed by atoms with Gasteiger partial charge in [0, 0.05) is 5.69 Å². The minimum absolute atomic E-state index is 0.0120. The van der Waals surface area contributed by atoms with E-state index in [9.17, 15) is 13.6 Å². The Morgan fingerprint density at radius 1 is 1.47 bits per heavy atom. The van der Waals surface area contributed by atoms with Crippen LogP contribution < -0.4 is 16.8 Å². The van der Waals surface area contributed by atoms with Crippen LogP contribution in [-0.2, 0) is 0 Å². The third-order valence-electron chi connectivity index (χ3n) is 2.10. The molecule has 0 radical (unpaired) electrons. The highest BCUT2D eigenvalue weighted by atomic mass is 35.5. The number of carbonyl (C=O) groups excluding carboxylic acids is 1. The van der Waals surface area contributed by atoms with Crippen LogP contribution >= 0.6 is 11.6 Å². The number of anilines is 1. The Bertz CT molecular complexity index is 426. The molecule has 0 aliphatic heterocycles. The number of nitrogens with one attached hydrogen (secondary N) is 1. The van der Waals surface area contributed by atoms with E-state index < -0.39 is 24.9 Å². The van der Waals surface area contributed by atoms with Crippen molar-refractivity contribution < 1.29 is 13.6 Å². The van der Waals surface area contributed by atoms with Crippen LogP contribution in [0.5, 0.6) is 0 Å². The maximum Gasteiger partial charge on any atom is 0.276 e. The first-order valence-corrected chi connectivity index (χ1v) is 5.15. The molecule has 4 nitrogen and oxygen atoms in total. The number of primary amides is 1. The number of hydrogen-bond acceptors (Lipinski definition) is 3. The summed E-state index contributed by atoms with van der Waals surface area (Å²) in [7, 11) is 0. The molecule has 1 aromatic rings. The van der Waals surface area contributed by atoms with E-state index in [1.807, 2.05) is 0 Å². The predicted molar refractivity (Wildman–Crippen MR) is 62.5 cm³/mol. The van der Waals surface area contributed by atoms with Crippen LogP contribution in [-0.4, -0.2) is 24.9 Å². The van der Waals surface area contributed by atoms with Gasteiger partial charge in [0.1, 0.15) is 0 Å². The van der Waals surface area contributed by atoms with Crippen molar-refractivity contribution >= 4 is 23.2 Å². The van der Waals surface area contributed by atoms with E-state index in [2.05, 4.69) is 5.32 Å². The Morgan fingerprint density at radius 3 is 2.65 bits per heavy atom. The molecule has 1 amide bonds. The lowest BCUT2D eigenvalue weighted by Crippen LogP contribution is -2.35. The van der Waals surface area contributed by atoms with Gasteiger partial charge >= 0.3 is 0 Å². The monoisotopic (exact) mass is 263 g/mol. The summed E-state index contributed by atoms with van der Waals surface area (Å²) in [5.74, 6) is -3.84. The van der Waals surface area contributed by atoms with Gasteiger partial charge in [0.15, 0.2) is 0 Å². The molecule has 0 bridgehead atoms. The highest BCUT2D eigenvalue weighted by Crippen LogP contribution is 2.24. The van der Waals surface area contributed by atoms with Crippen molar-refractivity contribution in [2.45, 2.75) is 5.92 Å². The topological polar surface area (TPSA) is 81.1 Å². The molecule has 0 aromatic heterocycles. The minimum atomic E-state index is -3.06. The number of carbonyl (C=O) groups is 1. The second-order valence-corrected chi connectivity index (χ2v) is 3.85. The average molecular weight is 264 g/mol. The number of hydrogen-bond donors (Lipinski definition) is 3. The van der Waals surface area contributed by atoms with Crippen LogP contribution in [0.1, 0.15) is 10.4 Å². The van der Waals surface area contributed by atoms with Gasteiger partial charge in [-0.1, -0.05) is 17.7 Å². The van der Waals surface area contributed by atoms with Crippen LogP contribution in [0.3, 0.4) is 0 Å². The fraction of sp³-hybridized carbons (Fsp3) is 0.300. The van der Waals surface area contributed by atoms with Gasteiger partial charge in [-0.05, 0) is 12.1 Å². The zero-order valence-corrected chi connectivity index (χ0v) is 9.60. The van der Waals surface area contributed by atoms with Crippen LogP contribution in [0, 0.1) is 0 Å². The Morgan fingerprint density at radius 2 is 2.12 bits per heavy atom. The van der Waals surface area contributed by atoms with Gasteiger partial charge in [-0.3, -0.25) is 4.79 Å². The smallest absolute Gasteiger partial charge is 0.276 e. The zero-order valence-electron chi connectivity index (χ0n) is 8.84. The van der Waals surface area contributed by atoms with E-state index in [-0.39, 0.29) is 16.3 Å². The predicted octanol–water partition coefficient (Wildman–Crippen LogP) is 1.44. The lowest BCUT2D eigenvalue weighted by molar-refractivity contribution is 0.0253. The molecule has 0 aliphatic carbocycles. The largest absolute Gasteiger partial charge is 0.378 e. The summed E-state index contributed by atoms with van der Waals surface area (Å²) in [5, 5.41) is 2.52. The maximum absolute atomic E-state index is 12.9. The highest BCUT2D eigenvalue weighted by Gasteiger charge is 2.27. The molecule has 0 saturated carbocycles. The van der Waals surface area contributed by atoms with E-state index in [1.54, 1.807) is 0 Å². The number of benzene rings is 1. The SMILES string of the molecule is NCC(F)(F)CNc1cccc(Cl)c1C(N)=O. The fourth-order valence-electron chi connectivity index (χ4n) is 1.22. The first-order chi connectivity index (χ1) is 7.87. The van der Waals surface area contributed by atoms with E-state index in [1.165, 1.54) is 18.2 Å². The van der Waals surface area contributed by atoms with Crippen molar-refractivity contribution in [3.63, 3.8) is 0 Å².